The van der Waals surface area contributed by atoms with E-state index >= 15 is 0 Å². The highest BCUT2D eigenvalue weighted by Gasteiger charge is 2.37. The maximum Gasteiger partial charge on any atom is 0.0942 e. The van der Waals surface area contributed by atoms with Crippen molar-refractivity contribution in [2.75, 3.05) is 7.11 Å². The van der Waals surface area contributed by atoms with Gasteiger partial charge in [0.25, 0.3) is 0 Å². The average molecular weight is 170 g/mol. The van der Waals surface area contributed by atoms with Gasteiger partial charge in [0.15, 0.2) is 0 Å². The molecule has 2 nitrogen and oxygen atoms in total. The molecule has 0 amide bonds. The molecule has 0 aromatic heterocycles. The summed E-state index contributed by atoms with van der Waals surface area (Å²) in [5.41, 5.74) is -0.644. The number of hydrogen-bond acceptors (Lipinski definition) is 2. The maximum atomic E-state index is 10.1. The Morgan fingerprint density at radius 1 is 1.67 bits per heavy atom. The van der Waals surface area contributed by atoms with Gasteiger partial charge in [0.05, 0.1) is 11.7 Å². The molecule has 2 unspecified atom stereocenters. The second-order valence-corrected chi connectivity index (χ2v) is 3.57. The van der Waals surface area contributed by atoms with Crippen molar-refractivity contribution in [2.45, 2.75) is 43.8 Å². The van der Waals surface area contributed by atoms with Crippen LogP contribution in [0.15, 0.2) is 12.7 Å². The summed E-state index contributed by atoms with van der Waals surface area (Å²) in [5.74, 6) is 0. The van der Waals surface area contributed by atoms with E-state index in [1.165, 1.54) is 0 Å². The van der Waals surface area contributed by atoms with Crippen LogP contribution >= 0.6 is 0 Å². The van der Waals surface area contributed by atoms with Crippen molar-refractivity contribution in [3.63, 3.8) is 0 Å². The molecule has 1 aliphatic carbocycles. The summed E-state index contributed by atoms with van der Waals surface area (Å²) in [6.07, 6.45) is 6.51. The molecule has 1 N–H and O–H groups in total. The fraction of sp³-hybridized carbons (Fsp3) is 0.800. The standard InChI is InChI=1S/C10H18O2/c1-3-7-10(11)8-5-4-6-9(10)12-2/h3,9,11H,1,4-8H2,2H3. The van der Waals surface area contributed by atoms with E-state index in [9.17, 15) is 5.11 Å². The van der Waals surface area contributed by atoms with E-state index < -0.39 is 5.60 Å². The first-order valence-electron chi connectivity index (χ1n) is 4.59. The molecule has 1 fully saturated rings. The molecule has 0 saturated heterocycles. The lowest BCUT2D eigenvalue weighted by molar-refractivity contribution is -0.114. The summed E-state index contributed by atoms with van der Waals surface area (Å²) in [6.45, 7) is 3.65. The average Bonchev–Trinajstić information content (AvgIpc) is 2.05. The van der Waals surface area contributed by atoms with Crippen LogP contribution in [0.25, 0.3) is 0 Å². The van der Waals surface area contributed by atoms with Crippen molar-refractivity contribution in [2.24, 2.45) is 0 Å². The van der Waals surface area contributed by atoms with Crippen LogP contribution in [-0.2, 0) is 4.74 Å². The number of ether oxygens (including phenoxy) is 1. The van der Waals surface area contributed by atoms with Crippen LogP contribution in [0.3, 0.4) is 0 Å². The molecular weight excluding hydrogens is 152 g/mol. The van der Waals surface area contributed by atoms with E-state index in [-0.39, 0.29) is 6.10 Å². The Kier molecular flexibility index (Phi) is 3.29. The lowest BCUT2D eigenvalue weighted by atomic mass is 9.80. The minimum Gasteiger partial charge on any atom is -0.387 e. The third-order valence-corrected chi connectivity index (χ3v) is 2.71. The highest BCUT2D eigenvalue weighted by molar-refractivity contribution is 4.95. The van der Waals surface area contributed by atoms with E-state index in [0.29, 0.717) is 6.42 Å². The lowest BCUT2D eigenvalue weighted by Gasteiger charge is -2.38. The summed E-state index contributed by atoms with van der Waals surface area (Å²) in [5, 5.41) is 10.1. The molecule has 2 atom stereocenters. The molecule has 0 bridgehead atoms. The second-order valence-electron chi connectivity index (χ2n) is 3.57. The van der Waals surface area contributed by atoms with Gasteiger partial charge in [0.1, 0.15) is 0 Å². The van der Waals surface area contributed by atoms with Crippen molar-refractivity contribution >= 4 is 0 Å². The molecule has 0 spiro atoms. The first-order valence-corrected chi connectivity index (χ1v) is 4.59. The van der Waals surface area contributed by atoms with Gasteiger partial charge in [-0.1, -0.05) is 18.9 Å². The van der Waals surface area contributed by atoms with Gasteiger partial charge in [-0.15, -0.1) is 6.58 Å². The van der Waals surface area contributed by atoms with Crippen LogP contribution in [0.1, 0.15) is 32.1 Å². The van der Waals surface area contributed by atoms with Gasteiger partial charge >= 0.3 is 0 Å². The van der Waals surface area contributed by atoms with Gasteiger partial charge in [-0.25, -0.2) is 0 Å². The molecule has 0 aromatic carbocycles. The van der Waals surface area contributed by atoms with E-state index in [0.717, 1.165) is 25.7 Å². The molecule has 0 radical (unpaired) electrons. The van der Waals surface area contributed by atoms with Crippen molar-refractivity contribution in [1.82, 2.24) is 0 Å². The predicted molar refractivity (Wildman–Crippen MR) is 49.0 cm³/mol. The van der Waals surface area contributed by atoms with Gasteiger partial charge in [0, 0.05) is 7.11 Å². The van der Waals surface area contributed by atoms with Crippen LogP contribution in [0.2, 0.25) is 0 Å². The Labute approximate surface area is 74.2 Å². The molecule has 0 aromatic rings. The van der Waals surface area contributed by atoms with Crippen molar-refractivity contribution in [1.29, 1.82) is 0 Å². The number of methoxy groups -OCH3 is 1. The number of hydrogen-bond donors (Lipinski definition) is 1. The second kappa shape index (κ2) is 4.06. The highest BCUT2D eigenvalue weighted by Crippen LogP contribution is 2.33. The molecular formula is C10H18O2. The first-order chi connectivity index (χ1) is 5.73. The Hall–Kier alpha value is -0.340. The Morgan fingerprint density at radius 2 is 2.42 bits per heavy atom. The zero-order valence-corrected chi connectivity index (χ0v) is 7.75. The van der Waals surface area contributed by atoms with Crippen LogP contribution in [0.4, 0.5) is 0 Å². The Bertz CT molecular complexity index is 156. The van der Waals surface area contributed by atoms with E-state index in [1.807, 2.05) is 0 Å². The third kappa shape index (κ3) is 1.87. The van der Waals surface area contributed by atoms with Gasteiger partial charge < -0.3 is 9.84 Å². The van der Waals surface area contributed by atoms with E-state index in [4.69, 9.17) is 4.74 Å². The van der Waals surface area contributed by atoms with Gasteiger partial charge in [0.2, 0.25) is 0 Å². The summed E-state index contributed by atoms with van der Waals surface area (Å²) < 4.78 is 5.26. The minimum absolute atomic E-state index is 0.00394. The van der Waals surface area contributed by atoms with Crippen LogP contribution in [0.5, 0.6) is 0 Å². The number of rotatable bonds is 3. The Balaban J connectivity index is 2.61. The first kappa shape index (κ1) is 9.75. The summed E-state index contributed by atoms with van der Waals surface area (Å²) in [7, 11) is 1.67. The highest BCUT2D eigenvalue weighted by atomic mass is 16.5. The van der Waals surface area contributed by atoms with Crippen molar-refractivity contribution in [3.8, 4) is 0 Å². The molecule has 1 saturated carbocycles. The largest absolute Gasteiger partial charge is 0.387 e. The van der Waals surface area contributed by atoms with Crippen LogP contribution < -0.4 is 0 Å². The molecule has 1 rings (SSSR count). The molecule has 0 aliphatic heterocycles. The molecule has 1 aliphatic rings. The van der Waals surface area contributed by atoms with Gasteiger partial charge in [-0.05, 0) is 19.3 Å². The Morgan fingerprint density at radius 3 is 3.00 bits per heavy atom. The lowest BCUT2D eigenvalue weighted by Crippen LogP contribution is -2.45. The van der Waals surface area contributed by atoms with Crippen molar-refractivity contribution < 1.29 is 9.84 Å². The molecule has 2 heteroatoms. The number of aliphatic hydroxyl groups is 1. The summed E-state index contributed by atoms with van der Waals surface area (Å²) in [6, 6.07) is 0. The zero-order valence-electron chi connectivity index (χ0n) is 7.75. The monoisotopic (exact) mass is 170 g/mol. The van der Waals surface area contributed by atoms with Gasteiger partial charge in [-0.2, -0.15) is 0 Å². The fourth-order valence-electron chi connectivity index (χ4n) is 2.01. The fourth-order valence-corrected chi connectivity index (χ4v) is 2.01. The maximum absolute atomic E-state index is 10.1. The third-order valence-electron chi connectivity index (χ3n) is 2.71. The molecule has 12 heavy (non-hydrogen) atoms. The quantitative estimate of drug-likeness (QED) is 0.655. The molecule has 0 heterocycles. The molecule has 70 valence electrons. The van der Waals surface area contributed by atoms with Crippen molar-refractivity contribution in [3.05, 3.63) is 12.7 Å². The topological polar surface area (TPSA) is 29.5 Å². The van der Waals surface area contributed by atoms with Gasteiger partial charge in [-0.3, -0.25) is 0 Å². The van der Waals surface area contributed by atoms with E-state index in [1.54, 1.807) is 13.2 Å². The summed E-state index contributed by atoms with van der Waals surface area (Å²) >= 11 is 0. The van der Waals surface area contributed by atoms with Crippen LogP contribution in [0, 0.1) is 0 Å². The zero-order chi connectivity index (χ0) is 9.03. The normalized spacial score (nSPS) is 36.3. The predicted octanol–water partition coefficient (Wildman–Crippen LogP) is 1.88. The summed E-state index contributed by atoms with van der Waals surface area (Å²) in [4.78, 5) is 0. The van der Waals surface area contributed by atoms with Crippen LogP contribution in [-0.4, -0.2) is 23.9 Å². The minimum atomic E-state index is -0.644. The van der Waals surface area contributed by atoms with E-state index in [2.05, 4.69) is 6.58 Å². The SMILES string of the molecule is C=CCC1(O)CCCCC1OC. The smallest absolute Gasteiger partial charge is 0.0942 e.